The van der Waals surface area contributed by atoms with E-state index >= 15 is 0 Å². The number of aromatic carboxylic acids is 1. The van der Waals surface area contributed by atoms with Crippen molar-refractivity contribution in [3.63, 3.8) is 0 Å². The molecule has 5 heteroatoms. The molecule has 0 aromatic carbocycles. The number of hydrogen-bond donors (Lipinski definition) is 2. The fraction of sp³-hybridized carbons (Fsp3) is 0.462. The van der Waals surface area contributed by atoms with Gasteiger partial charge in [-0.3, -0.25) is 0 Å². The maximum atomic E-state index is 10.7. The Morgan fingerprint density at radius 2 is 2.33 bits per heavy atom. The Hall–Kier alpha value is -1.91. The summed E-state index contributed by atoms with van der Waals surface area (Å²) in [4.78, 5) is 18.7. The highest BCUT2D eigenvalue weighted by molar-refractivity contribution is 5.85. The van der Waals surface area contributed by atoms with Crippen LogP contribution >= 0.6 is 0 Å². The van der Waals surface area contributed by atoms with Gasteiger partial charge in [-0.05, 0) is 38.2 Å². The Morgan fingerprint density at radius 3 is 3.06 bits per heavy atom. The number of rotatable bonds is 5. The molecule has 0 saturated heterocycles. The van der Waals surface area contributed by atoms with Crippen molar-refractivity contribution < 1.29 is 9.90 Å². The van der Waals surface area contributed by atoms with Crippen LogP contribution < -0.4 is 5.32 Å². The monoisotopic (exact) mass is 247 g/mol. The number of anilines is 1. The summed E-state index contributed by atoms with van der Waals surface area (Å²) >= 11 is 0. The van der Waals surface area contributed by atoms with Crippen LogP contribution in [-0.4, -0.2) is 27.6 Å². The Balaban J connectivity index is 1.84. The Bertz CT molecular complexity index is 457. The van der Waals surface area contributed by atoms with E-state index in [9.17, 15) is 4.79 Å². The van der Waals surface area contributed by atoms with Crippen LogP contribution in [0.2, 0.25) is 0 Å². The molecule has 1 heterocycles. The second-order valence-corrected chi connectivity index (χ2v) is 4.36. The molecule has 2 N–H and O–H groups in total. The van der Waals surface area contributed by atoms with Crippen molar-refractivity contribution in [2.75, 3.05) is 11.9 Å². The minimum Gasteiger partial charge on any atom is -0.477 e. The van der Waals surface area contributed by atoms with Gasteiger partial charge in [0.2, 0.25) is 5.95 Å². The van der Waals surface area contributed by atoms with Gasteiger partial charge in [0, 0.05) is 12.7 Å². The van der Waals surface area contributed by atoms with Gasteiger partial charge in [-0.25, -0.2) is 14.8 Å². The normalized spacial score (nSPS) is 15.0. The lowest BCUT2D eigenvalue weighted by molar-refractivity contribution is 0.0690. The Kier molecular flexibility index (Phi) is 4.28. The second kappa shape index (κ2) is 6.14. The first kappa shape index (κ1) is 12.5. The number of nitrogens with zero attached hydrogens (tertiary/aromatic N) is 2. The lowest BCUT2D eigenvalue weighted by Crippen LogP contribution is -2.09. The SMILES string of the molecule is O=C(O)c1ccnc(NCCC2=CCCCC2)n1. The highest BCUT2D eigenvalue weighted by Gasteiger charge is 2.06. The van der Waals surface area contributed by atoms with Crippen molar-refractivity contribution in [1.29, 1.82) is 0 Å². The van der Waals surface area contributed by atoms with E-state index in [1.54, 1.807) is 0 Å². The van der Waals surface area contributed by atoms with Gasteiger partial charge < -0.3 is 10.4 Å². The van der Waals surface area contributed by atoms with Crippen molar-refractivity contribution in [3.8, 4) is 0 Å². The zero-order valence-electron chi connectivity index (χ0n) is 10.2. The van der Waals surface area contributed by atoms with Gasteiger partial charge in [0.05, 0.1) is 0 Å². The maximum Gasteiger partial charge on any atom is 0.354 e. The molecule has 0 amide bonds. The van der Waals surface area contributed by atoms with Gasteiger partial charge in [-0.15, -0.1) is 0 Å². The average Bonchev–Trinajstić information content (AvgIpc) is 2.40. The largest absolute Gasteiger partial charge is 0.477 e. The molecule has 0 saturated carbocycles. The third-order valence-corrected chi connectivity index (χ3v) is 2.99. The quantitative estimate of drug-likeness (QED) is 0.782. The minimum atomic E-state index is -1.03. The van der Waals surface area contributed by atoms with Crippen molar-refractivity contribution in [2.45, 2.75) is 32.1 Å². The van der Waals surface area contributed by atoms with Gasteiger partial charge >= 0.3 is 5.97 Å². The molecule has 1 aromatic heterocycles. The van der Waals surface area contributed by atoms with E-state index in [0.717, 1.165) is 13.0 Å². The van der Waals surface area contributed by atoms with E-state index in [-0.39, 0.29) is 5.69 Å². The van der Waals surface area contributed by atoms with Crippen LogP contribution in [0, 0.1) is 0 Å². The molecule has 2 rings (SSSR count). The van der Waals surface area contributed by atoms with Crippen molar-refractivity contribution in [3.05, 3.63) is 29.6 Å². The van der Waals surface area contributed by atoms with E-state index in [4.69, 9.17) is 5.11 Å². The molecule has 18 heavy (non-hydrogen) atoms. The van der Waals surface area contributed by atoms with E-state index < -0.39 is 5.97 Å². The molecule has 0 unspecified atom stereocenters. The summed E-state index contributed by atoms with van der Waals surface area (Å²) in [5, 5.41) is 11.9. The number of carboxylic acid groups (broad SMARTS) is 1. The van der Waals surface area contributed by atoms with Crippen LogP contribution in [0.4, 0.5) is 5.95 Å². The van der Waals surface area contributed by atoms with Crippen molar-refractivity contribution >= 4 is 11.9 Å². The molecule has 0 bridgehead atoms. The maximum absolute atomic E-state index is 10.7. The highest BCUT2D eigenvalue weighted by atomic mass is 16.4. The highest BCUT2D eigenvalue weighted by Crippen LogP contribution is 2.19. The minimum absolute atomic E-state index is 0.0179. The number of aromatic nitrogens is 2. The van der Waals surface area contributed by atoms with Crippen LogP contribution in [0.5, 0.6) is 0 Å². The molecule has 0 atom stereocenters. The smallest absolute Gasteiger partial charge is 0.354 e. The molecule has 1 aliphatic rings. The predicted octanol–water partition coefficient (Wildman–Crippen LogP) is 2.48. The number of nitrogens with one attached hydrogen (secondary N) is 1. The number of allylic oxidation sites excluding steroid dienone is 1. The molecule has 0 fully saturated rings. The lowest BCUT2D eigenvalue weighted by Gasteiger charge is -2.12. The summed E-state index contributed by atoms with van der Waals surface area (Å²) in [6, 6.07) is 1.39. The van der Waals surface area contributed by atoms with E-state index in [1.165, 1.54) is 43.5 Å². The van der Waals surface area contributed by atoms with Gasteiger partial charge in [0.15, 0.2) is 5.69 Å². The summed E-state index contributed by atoms with van der Waals surface area (Å²) in [5.41, 5.74) is 1.49. The van der Waals surface area contributed by atoms with Gasteiger partial charge in [0.1, 0.15) is 0 Å². The fourth-order valence-corrected chi connectivity index (χ4v) is 2.03. The molecular formula is C13H17N3O2. The topological polar surface area (TPSA) is 75.1 Å². The van der Waals surface area contributed by atoms with Crippen LogP contribution in [0.15, 0.2) is 23.9 Å². The molecule has 1 aromatic rings. The molecule has 96 valence electrons. The Labute approximate surface area is 106 Å². The Morgan fingerprint density at radius 1 is 1.44 bits per heavy atom. The fourth-order valence-electron chi connectivity index (χ4n) is 2.03. The van der Waals surface area contributed by atoms with Crippen LogP contribution in [0.1, 0.15) is 42.6 Å². The van der Waals surface area contributed by atoms with Crippen molar-refractivity contribution in [1.82, 2.24) is 9.97 Å². The molecule has 5 nitrogen and oxygen atoms in total. The van der Waals surface area contributed by atoms with Gasteiger partial charge in [-0.1, -0.05) is 11.6 Å². The summed E-state index contributed by atoms with van der Waals surface area (Å²) < 4.78 is 0. The number of carboxylic acids is 1. The van der Waals surface area contributed by atoms with Crippen LogP contribution in [-0.2, 0) is 0 Å². The van der Waals surface area contributed by atoms with Crippen LogP contribution in [0.3, 0.4) is 0 Å². The standard InChI is InChI=1S/C13H17N3O2/c17-12(18)11-7-9-15-13(16-11)14-8-6-10-4-2-1-3-5-10/h4,7,9H,1-3,5-6,8H2,(H,17,18)(H,14,15,16). The van der Waals surface area contributed by atoms with Gasteiger partial charge in [-0.2, -0.15) is 0 Å². The van der Waals surface area contributed by atoms with E-state index in [2.05, 4.69) is 21.4 Å². The first-order valence-corrected chi connectivity index (χ1v) is 6.24. The molecule has 0 radical (unpaired) electrons. The first-order valence-electron chi connectivity index (χ1n) is 6.24. The summed E-state index contributed by atoms with van der Waals surface area (Å²) in [7, 11) is 0. The predicted molar refractivity (Wildman–Crippen MR) is 68.6 cm³/mol. The third-order valence-electron chi connectivity index (χ3n) is 2.99. The van der Waals surface area contributed by atoms with Crippen LogP contribution in [0.25, 0.3) is 0 Å². The molecule has 1 aliphatic carbocycles. The first-order chi connectivity index (χ1) is 8.75. The van der Waals surface area contributed by atoms with Crippen molar-refractivity contribution in [2.24, 2.45) is 0 Å². The summed E-state index contributed by atoms with van der Waals surface area (Å²) in [6.07, 6.45) is 9.66. The van der Waals surface area contributed by atoms with E-state index in [0.29, 0.717) is 5.95 Å². The molecule has 0 spiro atoms. The third kappa shape index (κ3) is 3.55. The lowest BCUT2D eigenvalue weighted by atomic mass is 9.97. The van der Waals surface area contributed by atoms with E-state index in [1.807, 2.05) is 0 Å². The molecule has 0 aliphatic heterocycles. The summed E-state index contributed by atoms with van der Waals surface area (Å²) in [5.74, 6) is -0.651. The van der Waals surface area contributed by atoms with Gasteiger partial charge in [0.25, 0.3) is 0 Å². The summed E-state index contributed by atoms with van der Waals surface area (Å²) in [6.45, 7) is 0.745. The second-order valence-electron chi connectivity index (χ2n) is 4.36. The zero-order valence-corrected chi connectivity index (χ0v) is 10.2. The number of hydrogen-bond acceptors (Lipinski definition) is 4. The molecular weight excluding hydrogens is 230 g/mol. The number of carbonyl (C=O) groups is 1. The average molecular weight is 247 g/mol. The zero-order chi connectivity index (χ0) is 12.8.